The van der Waals surface area contributed by atoms with Gasteiger partial charge in [0.05, 0.1) is 6.33 Å². The van der Waals surface area contributed by atoms with Crippen molar-refractivity contribution in [2.24, 2.45) is 17.3 Å². The summed E-state index contributed by atoms with van der Waals surface area (Å²) in [7, 11) is 0. The third-order valence-corrected chi connectivity index (χ3v) is 7.38. The normalized spacial score (nSPS) is 31.1. The molecular weight excluding hydrogens is 368 g/mol. The van der Waals surface area contributed by atoms with Crippen LogP contribution in [0.25, 0.3) is 0 Å². The lowest BCUT2D eigenvalue weighted by Gasteiger charge is -2.39. The molecule has 0 radical (unpaired) electrons. The first-order chi connectivity index (χ1) is 14.0. The molecule has 7 nitrogen and oxygen atoms in total. The van der Waals surface area contributed by atoms with E-state index in [0.717, 1.165) is 44.6 Å². The minimum atomic E-state index is -0.144. The first kappa shape index (κ1) is 20.1. The van der Waals surface area contributed by atoms with Gasteiger partial charge in [-0.05, 0) is 56.8 Å². The van der Waals surface area contributed by atoms with E-state index < -0.39 is 0 Å². The molecule has 2 saturated carbocycles. The zero-order valence-electron chi connectivity index (χ0n) is 17.3. The van der Waals surface area contributed by atoms with E-state index in [2.05, 4.69) is 17.2 Å². The number of nitrogens with one attached hydrogen (secondary N) is 1. The summed E-state index contributed by atoms with van der Waals surface area (Å²) in [5.74, 6) is 1.53. The van der Waals surface area contributed by atoms with Crippen LogP contribution < -0.4 is 10.9 Å². The van der Waals surface area contributed by atoms with E-state index in [1.54, 1.807) is 0 Å². The SMILES string of the molecule is C[C@@H]1CCN(C(=O)CCn2cnccc2=O)[C@H](CNC(=O)C23CCC(CC2)C3)C1. The molecule has 1 aromatic rings. The van der Waals surface area contributed by atoms with Crippen molar-refractivity contribution in [1.29, 1.82) is 0 Å². The Kier molecular flexibility index (Phi) is 5.74. The summed E-state index contributed by atoms with van der Waals surface area (Å²) in [6.45, 7) is 3.80. The topological polar surface area (TPSA) is 84.3 Å². The van der Waals surface area contributed by atoms with Crippen LogP contribution in [0.3, 0.4) is 0 Å². The van der Waals surface area contributed by atoms with Gasteiger partial charge in [-0.2, -0.15) is 0 Å². The predicted octanol–water partition coefficient (Wildman–Crippen LogP) is 1.96. The van der Waals surface area contributed by atoms with Crippen molar-refractivity contribution in [3.05, 3.63) is 28.9 Å². The summed E-state index contributed by atoms with van der Waals surface area (Å²) in [5.41, 5.74) is -0.282. The summed E-state index contributed by atoms with van der Waals surface area (Å²) in [5, 5.41) is 3.20. The van der Waals surface area contributed by atoms with Crippen molar-refractivity contribution in [2.45, 2.75) is 70.9 Å². The predicted molar refractivity (Wildman–Crippen MR) is 109 cm³/mol. The van der Waals surface area contributed by atoms with Gasteiger partial charge >= 0.3 is 0 Å². The van der Waals surface area contributed by atoms with Crippen molar-refractivity contribution in [2.75, 3.05) is 13.1 Å². The van der Waals surface area contributed by atoms with Gasteiger partial charge in [0.25, 0.3) is 5.56 Å². The highest BCUT2D eigenvalue weighted by Crippen LogP contribution is 2.54. The highest BCUT2D eigenvalue weighted by Gasteiger charge is 2.50. The molecule has 0 spiro atoms. The molecular formula is C22H32N4O3. The molecule has 7 heteroatoms. The molecule has 2 heterocycles. The Morgan fingerprint density at radius 3 is 2.76 bits per heavy atom. The summed E-state index contributed by atoms with van der Waals surface area (Å²) in [6.07, 6.45) is 10.6. The number of rotatable bonds is 6. The second-order valence-corrected chi connectivity index (χ2v) is 9.37. The van der Waals surface area contributed by atoms with Gasteiger partial charge in [0.2, 0.25) is 11.8 Å². The van der Waals surface area contributed by atoms with Gasteiger partial charge in [0.15, 0.2) is 0 Å². The van der Waals surface area contributed by atoms with Crippen molar-refractivity contribution < 1.29 is 9.59 Å². The van der Waals surface area contributed by atoms with Crippen molar-refractivity contribution in [3.8, 4) is 0 Å². The minimum absolute atomic E-state index is 0.0378. The van der Waals surface area contributed by atoms with Crippen LogP contribution in [0.4, 0.5) is 0 Å². The van der Waals surface area contributed by atoms with Gasteiger partial charge < -0.3 is 10.2 Å². The van der Waals surface area contributed by atoms with E-state index in [1.807, 2.05) is 4.90 Å². The van der Waals surface area contributed by atoms with Crippen LogP contribution in [0.15, 0.2) is 23.4 Å². The van der Waals surface area contributed by atoms with Gasteiger partial charge in [-0.15, -0.1) is 0 Å². The number of likely N-dealkylation sites (tertiary alicyclic amines) is 1. The van der Waals surface area contributed by atoms with E-state index in [1.165, 1.54) is 36.0 Å². The molecule has 2 bridgehead atoms. The molecule has 0 unspecified atom stereocenters. The number of aryl methyl sites for hydroxylation is 1. The van der Waals surface area contributed by atoms with E-state index in [4.69, 9.17) is 0 Å². The molecule has 1 N–H and O–H groups in total. The minimum Gasteiger partial charge on any atom is -0.354 e. The van der Waals surface area contributed by atoms with E-state index in [9.17, 15) is 14.4 Å². The smallest absolute Gasteiger partial charge is 0.253 e. The Labute approximate surface area is 171 Å². The molecule has 2 amide bonds. The largest absolute Gasteiger partial charge is 0.354 e. The van der Waals surface area contributed by atoms with Crippen LogP contribution in [0.2, 0.25) is 0 Å². The maximum absolute atomic E-state index is 12.9. The third kappa shape index (κ3) is 4.23. The fourth-order valence-corrected chi connectivity index (χ4v) is 5.59. The fraction of sp³-hybridized carbons (Fsp3) is 0.727. The van der Waals surface area contributed by atoms with E-state index in [-0.39, 0.29) is 35.3 Å². The summed E-state index contributed by atoms with van der Waals surface area (Å²) in [6, 6.07) is 1.44. The Bertz CT molecular complexity index is 812. The Morgan fingerprint density at radius 2 is 2.07 bits per heavy atom. The quantitative estimate of drug-likeness (QED) is 0.791. The zero-order valence-corrected chi connectivity index (χ0v) is 17.3. The lowest BCUT2D eigenvalue weighted by atomic mass is 9.83. The molecule has 3 fully saturated rings. The van der Waals surface area contributed by atoms with Crippen LogP contribution >= 0.6 is 0 Å². The zero-order chi connectivity index (χ0) is 20.4. The number of hydrogen-bond donors (Lipinski definition) is 1. The van der Waals surface area contributed by atoms with E-state index >= 15 is 0 Å². The van der Waals surface area contributed by atoms with Crippen LogP contribution in [0, 0.1) is 17.3 Å². The van der Waals surface area contributed by atoms with E-state index in [0.29, 0.717) is 19.0 Å². The second-order valence-electron chi connectivity index (χ2n) is 9.37. The number of hydrogen-bond acceptors (Lipinski definition) is 4. The van der Waals surface area contributed by atoms with Gasteiger partial charge in [-0.25, -0.2) is 4.98 Å². The average molecular weight is 401 g/mol. The molecule has 1 aliphatic heterocycles. The molecule has 158 valence electrons. The van der Waals surface area contributed by atoms with Crippen molar-refractivity contribution >= 4 is 11.8 Å². The standard InChI is InChI=1S/C22H32N4O3/c1-16-5-11-26(20(28)6-10-25-15-23-9-4-19(25)27)18(12-16)14-24-21(29)22-7-2-17(13-22)3-8-22/h4,9,15-18H,2-3,5-8,10-14H2,1H3,(H,24,29)/t16-,17?,18+,22?/m1/s1. The molecule has 3 aliphatic rings. The monoisotopic (exact) mass is 400 g/mol. The molecule has 2 aliphatic carbocycles. The maximum atomic E-state index is 12.9. The summed E-state index contributed by atoms with van der Waals surface area (Å²) < 4.78 is 1.47. The highest BCUT2D eigenvalue weighted by atomic mass is 16.2. The van der Waals surface area contributed by atoms with Crippen LogP contribution in [-0.2, 0) is 16.1 Å². The lowest BCUT2D eigenvalue weighted by molar-refractivity contribution is -0.137. The summed E-state index contributed by atoms with van der Waals surface area (Å²) in [4.78, 5) is 43.5. The van der Waals surface area contributed by atoms with Gasteiger partial charge in [0.1, 0.15) is 0 Å². The molecule has 0 aromatic carbocycles. The van der Waals surface area contributed by atoms with Gasteiger partial charge in [-0.3, -0.25) is 19.0 Å². The third-order valence-electron chi connectivity index (χ3n) is 7.38. The maximum Gasteiger partial charge on any atom is 0.253 e. The highest BCUT2D eigenvalue weighted by molar-refractivity contribution is 5.83. The molecule has 2 atom stereocenters. The Hall–Kier alpha value is -2.18. The molecule has 1 aromatic heterocycles. The number of carbonyl (C=O) groups is 2. The van der Waals surface area contributed by atoms with Gasteiger partial charge in [-0.1, -0.05) is 6.92 Å². The number of carbonyl (C=O) groups excluding carboxylic acids is 2. The van der Waals surface area contributed by atoms with Crippen molar-refractivity contribution in [3.63, 3.8) is 0 Å². The van der Waals surface area contributed by atoms with Crippen molar-refractivity contribution in [1.82, 2.24) is 19.8 Å². The first-order valence-corrected chi connectivity index (χ1v) is 11.0. The number of fused-ring (bicyclic) bond motifs is 2. The van der Waals surface area contributed by atoms with Gasteiger partial charge in [0, 0.05) is 49.8 Å². The number of piperidine rings is 1. The van der Waals surface area contributed by atoms with Crippen LogP contribution in [0.5, 0.6) is 0 Å². The molecule has 4 rings (SSSR count). The second kappa shape index (κ2) is 8.28. The summed E-state index contributed by atoms with van der Waals surface area (Å²) >= 11 is 0. The van der Waals surface area contributed by atoms with Crippen LogP contribution in [-0.4, -0.2) is 45.4 Å². The average Bonchev–Trinajstić information content (AvgIpc) is 3.34. The number of aromatic nitrogens is 2. The fourth-order valence-electron chi connectivity index (χ4n) is 5.59. The Morgan fingerprint density at radius 1 is 1.28 bits per heavy atom. The number of amides is 2. The Balaban J connectivity index is 1.35. The molecule has 29 heavy (non-hydrogen) atoms. The van der Waals surface area contributed by atoms with Crippen LogP contribution in [0.1, 0.15) is 58.3 Å². The first-order valence-electron chi connectivity index (χ1n) is 11.0. The lowest BCUT2D eigenvalue weighted by Crippen LogP contribution is -2.52. The molecule has 1 saturated heterocycles. The number of nitrogens with zero attached hydrogens (tertiary/aromatic N) is 3.